The van der Waals surface area contributed by atoms with Crippen LogP contribution in [0.1, 0.15) is 0 Å². The average molecular weight is 210 g/mol. The molecule has 2 aromatic rings. The molecule has 15 heavy (non-hydrogen) atoms. The zero-order valence-electron chi connectivity index (χ0n) is 8.34. The average Bonchev–Trinajstić information content (AvgIpc) is 2.58. The summed E-state index contributed by atoms with van der Waals surface area (Å²) in [7, 11) is 3.02. The summed E-state index contributed by atoms with van der Waals surface area (Å²) in [4.78, 5) is 27.2. The Hall–Kier alpha value is -1.89. The van der Waals surface area contributed by atoms with Crippen molar-refractivity contribution in [3.05, 3.63) is 27.2 Å². The molecule has 0 unspecified atom stereocenters. The predicted molar refractivity (Wildman–Crippen MR) is 52.4 cm³/mol. The van der Waals surface area contributed by atoms with Crippen LogP contribution in [0.15, 0.2) is 15.9 Å². The Labute approximate surface area is 83.8 Å². The quantitative estimate of drug-likeness (QED) is 0.613. The van der Waals surface area contributed by atoms with Gasteiger partial charge in [0.15, 0.2) is 11.2 Å². The van der Waals surface area contributed by atoms with E-state index in [1.54, 1.807) is 7.05 Å². The van der Waals surface area contributed by atoms with Crippen molar-refractivity contribution in [2.45, 2.75) is 6.73 Å². The zero-order chi connectivity index (χ0) is 11.2. The van der Waals surface area contributed by atoms with Crippen molar-refractivity contribution in [2.24, 2.45) is 14.1 Å². The predicted octanol–water partition coefficient (Wildman–Crippen LogP) is -1.62. The first-order valence-electron chi connectivity index (χ1n) is 4.29. The van der Waals surface area contributed by atoms with Crippen LogP contribution in [0.2, 0.25) is 0 Å². The van der Waals surface area contributed by atoms with Gasteiger partial charge in [-0.05, 0) is 0 Å². The molecule has 0 spiro atoms. The van der Waals surface area contributed by atoms with Crippen LogP contribution in [0, 0.1) is 0 Å². The number of aliphatic hydroxyl groups excluding tert-OH is 1. The molecule has 0 saturated heterocycles. The van der Waals surface area contributed by atoms with Gasteiger partial charge in [-0.3, -0.25) is 13.9 Å². The van der Waals surface area contributed by atoms with Gasteiger partial charge in [-0.1, -0.05) is 0 Å². The highest BCUT2D eigenvalue weighted by atomic mass is 16.3. The summed E-state index contributed by atoms with van der Waals surface area (Å²) in [6, 6.07) is 0. The molecule has 0 aliphatic carbocycles. The highest BCUT2D eigenvalue weighted by molar-refractivity contribution is 5.69. The van der Waals surface area contributed by atoms with Gasteiger partial charge in [0.25, 0.3) is 5.56 Å². The summed E-state index contributed by atoms with van der Waals surface area (Å²) in [5, 5.41) is 9.04. The molecule has 1 N–H and O–H groups in total. The van der Waals surface area contributed by atoms with Gasteiger partial charge in [0.2, 0.25) is 0 Å². The number of fused-ring (bicyclic) bond motifs is 1. The molecule has 7 heteroatoms. The smallest absolute Gasteiger partial charge is 0.334 e. The molecular formula is C8H10N4O3. The second-order valence-corrected chi connectivity index (χ2v) is 3.24. The lowest BCUT2D eigenvalue weighted by atomic mass is 10.5. The van der Waals surface area contributed by atoms with Crippen molar-refractivity contribution in [1.29, 1.82) is 0 Å². The Morgan fingerprint density at radius 2 is 2.07 bits per heavy atom. The number of aromatic nitrogens is 4. The van der Waals surface area contributed by atoms with E-state index < -0.39 is 18.0 Å². The first-order valence-corrected chi connectivity index (χ1v) is 4.29. The molecular weight excluding hydrogens is 200 g/mol. The van der Waals surface area contributed by atoms with E-state index in [0.29, 0.717) is 5.52 Å². The van der Waals surface area contributed by atoms with Gasteiger partial charge >= 0.3 is 5.69 Å². The second-order valence-electron chi connectivity index (χ2n) is 3.24. The molecule has 2 aromatic heterocycles. The number of hydrogen-bond donors (Lipinski definition) is 1. The van der Waals surface area contributed by atoms with Gasteiger partial charge in [-0.2, -0.15) is 0 Å². The van der Waals surface area contributed by atoms with Gasteiger partial charge in [0.1, 0.15) is 6.73 Å². The molecule has 0 amide bonds. The maximum Gasteiger partial charge on any atom is 0.334 e. The number of aliphatic hydroxyl groups is 1. The zero-order valence-corrected chi connectivity index (χ0v) is 8.34. The Kier molecular flexibility index (Phi) is 1.97. The van der Waals surface area contributed by atoms with E-state index in [0.717, 1.165) is 9.13 Å². The topological polar surface area (TPSA) is 82.1 Å². The summed E-state index contributed by atoms with van der Waals surface area (Å²) in [5.74, 6) is 0. The molecule has 2 heterocycles. The van der Waals surface area contributed by atoms with Crippen molar-refractivity contribution in [2.75, 3.05) is 0 Å². The molecule has 7 nitrogen and oxygen atoms in total. The van der Waals surface area contributed by atoms with E-state index in [2.05, 4.69) is 4.98 Å². The lowest BCUT2D eigenvalue weighted by molar-refractivity contribution is 0.206. The molecule has 2 rings (SSSR count). The Morgan fingerprint density at radius 3 is 2.67 bits per heavy atom. The Bertz CT molecular complexity index is 634. The summed E-state index contributed by atoms with van der Waals surface area (Å²) in [5.41, 5.74) is -0.493. The number of rotatable bonds is 1. The standard InChI is InChI=1S/C8H10N4O3/c1-10-3-9-6-5(10)7(14)11(2)8(15)12(6)4-13/h3,13H,4H2,1-2H3. The molecule has 0 fully saturated rings. The molecule has 0 bridgehead atoms. The number of nitrogens with zero attached hydrogens (tertiary/aromatic N) is 4. The van der Waals surface area contributed by atoms with E-state index >= 15 is 0 Å². The van der Waals surface area contributed by atoms with E-state index in [1.165, 1.54) is 17.9 Å². The Morgan fingerprint density at radius 1 is 1.40 bits per heavy atom. The van der Waals surface area contributed by atoms with Crippen LogP contribution in [0.5, 0.6) is 0 Å². The second kappa shape index (κ2) is 3.06. The molecule has 0 saturated carbocycles. The fourth-order valence-electron chi connectivity index (χ4n) is 1.51. The maximum atomic E-state index is 11.7. The number of aryl methyl sites for hydroxylation is 1. The normalized spacial score (nSPS) is 11.1. The van der Waals surface area contributed by atoms with E-state index in [4.69, 9.17) is 5.11 Å². The molecule has 0 aliphatic rings. The van der Waals surface area contributed by atoms with E-state index in [-0.39, 0.29) is 5.65 Å². The van der Waals surface area contributed by atoms with Crippen molar-refractivity contribution in [3.63, 3.8) is 0 Å². The SMILES string of the molecule is Cn1c(=O)c2c(ncn2C)n(CO)c1=O. The lowest BCUT2D eigenvalue weighted by Crippen LogP contribution is -2.38. The minimum Gasteiger partial charge on any atom is -0.376 e. The fourth-order valence-corrected chi connectivity index (χ4v) is 1.51. The van der Waals surface area contributed by atoms with Crippen molar-refractivity contribution < 1.29 is 5.11 Å². The first-order chi connectivity index (χ1) is 7.07. The largest absolute Gasteiger partial charge is 0.376 e. The minimum absolute atomic E-state index is 0.202. The van der Waals surface area contributed by atoms with Crippen molar-refractivity contribution in [3.8, 4) is 0 Å². The van der Waals surface area contributed by atoms with Gasteiger partial charge in [-0.25, -0.2) is 9.78 Å². The summed E-state index contributed by atoms with van der Waals surface area (Å²) in [6.07, 6.45) is 1.43. The van der Waals surface area contributed by atoms with Crippen LogP contribution in [0.3, 0.4) is 0 Å². The Balaban J connectivity index is 3.14. The highest BCUT2D eigenvalue weighted by Gasteiger charge is 2.13. The van der Waals surface area contributed by atoms with Crippen LogP contribution < -0.4 is 11.2 Å². The fraction of sp³-hybridized carbons (Fsp3) is 0.375. The highest BCUT2D eigenvalue weighted by Crippen LogP contribution is 2.03. The molecule has 0 atom stereocenters. The van der Waals surface area contributed by atoms with E-state index in [1.807, 2.05) is 0 Å². The monoisotopic (exact) mass is 210 g/mol. The van der Waals surface area contributed by atoms with E-state index in [9.17, 15) is 9.59 Å². The molecule has 0 aliphatic heterocycles. The third kappa shape index (κ3) is 1.13. The summed E-state index contributed by atoms with van der Waals surface area (Å²) >= 11 is 0. The van der Waals surface area contributed by atoms with Crippen LogP contribution in [-0.4, -0.2) is 23.8 Å². The third-order valence-electron chi connectivity index (χ3n) is 2.34. The van der Waals surface area contributed by atoms with Gasteiger partial charge in [-0.15, -0.1) is 0 Å². The number of imidazole rings is 1. The number of hydrogen-bond acceptors (Lipinski definition) is 4. The third-order valence-corrected chi connectivity index (χ3v) is 2.34. The molecule has 80 valence electrons. The molecule has 0 radical (unpaired) electrons. The summed E-state index contributed by atoms with van der Waals surface area (Å²) < 4.78 is 3.50. The summed E-state index contributed by atoms with van der Waals surface area (Å²) in [6.45, 7) is -0.500. The maximum absolute atomic E-state index is 11.7. The van der Waals surface area contributed by atoms with Gasteiger partial charge < -0.3 is 9.67 Å². The molecule has 0 aromatic carbocycles. The lowest BCUT2D eigenvalue weighted by Gasteiger charge is -2.05. The van der Waals surface area contributed by atoms with Crippen LogP contribution in [0.25, 0.3) is 11.2 Å². The van der Waals surface area contributed by atoms with Crippen LogP contribution >= 0.6 is 0 Å². The van der Waals surface area contributed by atoms with Crippen LogP contribution in [-0.2, 0) is 20.8 Å². The van der Waals surface area contributed by atoms with Gasteiger partial charge in [0.05, 0.1) is 6.33 Å². The first kappa shape index (κ1) is 9.66. The minimum atomic E-state index is -0.575. The van der Waals surface area contributed by atoms with Gasteiger partial charge in [0, 0.05) is 14.1 Å². The van der Waals surface area contributed by atoms with Crippen molar-refractivity contribution in [1.82, 2.24) is 18.7 Å². The van der Waals surface area contributed by atoms with Crippen LogP contribution in [0.4, 0.5) is 0 Å². The van der Waals surface area contributed by atoms with Crippen molar-refractivity contribution >= 4 is 11.2 Å².